The number of hydrogen-bond donors (Lipinski definition) is 1. The van der Waals surface area contributed by atoms with Crippen LogP contribution in [0.25, 0.3) is 0 Å². The first kappa shape index (κ1) is 13.3. The van der Waals surface area contributed by atoms with Crippen molar-refractivity contribution in [3.05, 3.63) is 23.8 Å². The van der Waals surface area contributed by atoms with Gasteiger partial charge in [0.2, 0.25) is 0 Å². The highest BCUT2D eigenvalue weighted by atomic mass is 15.1. The van der Waals surface area contributed by atoms with E-state index < -0.39 is 0 Å². The third kappa shape index (κ3) is 2.47. The summed E-state index contributed by atoms with van der Waals surface area (Å²) in [5.74, 6) is 0. The van der Waals surface area contributed by atoms with Crippen LogP contribution in [0.4, 0.5) is 11.4 Å². The molecule has 1 aliphatic rings. The zero-order valence-corrected chi connectivity index (χ0v) is 12.2. The smallest absolute Gasteiger partial charge is 0.0400 e. The van der Waals surface area contributed by atoms with Crippen molar-refractivity contribution in [1.82, 2.24) is 0 Å². The molecule has 0 saturated heterocycles. The van der Waals surface area contributed by atoms with E-state index in [1.807, 2.05) is 0 Å². The van der Waals surface area contributed by atoms with Gasteiger partial charge in [0.25, 0.3) is 0 Å². The molecule has 2 rings (SSSR count). The van der Waals surface area contributed by atoms with E-state index in [1.54, 1.807) is 0 Å². The van der Waals surface area contributed by atoms with Gasteiger partial charge < -0.3 is 10.2 Å². The van der Waals surface area contributed by atoms with Gasteiger partial charge in [-0.25, -0.2) is 0 Å². The lowest BCUT2D eigenvalue weighted by molar-refractivity contribution is 0.586. The molecule has 0 amide bonds. The quantitative estimate of drug-likeness (QED) is 0.844. The Balaban J connectivity index is 2.21. The van der Waals surface area contributed by atoms with Gasteiger partial charge in [-0.3, -0.25) is 0 Å². The molecule has 1 N–H and O–H groups in total. The Labute approximate surface area is 111 Å². The Bertz CT molecular complexity index is 410. The summed E-state index contributed by atoms with van der Waals surface area (Å²) in [7, 11) is 0. The van der Waals surface area contributed by atoms with Gasteiger partial charge in [-0.15, -0.1) is 0 Å². The van der Waals surface area contributed by atoms with Crippen LogP contribution in [-0.2, 0) is 5.41 Å². The zero-order chi connectivity index (χ0) is 13.2. The van der Waals surface area contributed by atoms with E-state index in [2.05, 4.69) is 56.1 Å². The highest BCUT2D eigenvalue weighted by Gasteiger charge is 2.29. The van der Waals surface area contributed by atoms with E-state index in [4.69, 9.17) is 0 Å². The summed E-state index contributed by atoms with van der Waals surface area (Å²) in [6.45, 7) is 12.4. The molecule has 2 heteroatoms. The van der Waals surface area contributed by atoms with E-state index in [0.29, 0.717) is 0 Å². The maximum Gasteiger partial charge on any atom is 0.0400 e. The molecule has 0 aliphatic carbocycles. The second-order valence-electron chi connectivity index (χ2n) is 5.90. The Morgan fingerprint density at radius 2 is 2.06 bits per heavy atom. The minimum atomic E-state index is 0.272. The maximum atomic E-state index is 3.54. The van der Waals surface area contributed by atoms with Gasteiger partial charge in [-0.1, -0.05) is 33.3 Å². The summed E-state index contributed by atoms with van der Waals surface area (Å²) in [5, 5.41) is 3.54. The van der Waals surface area contributed by atoms with E-state index >= 15 is 0 Å². The molecule has 0 aromatic heterocycles. The van der Waals surface area contributed by atoms with Crippen molar-refractivity contribution in [3.8, 4) is 0 Å². The standard InChI is InChI=1S/C16H26N2/c1-5-7-10-18(6-2)13-8-9-14-15(11-13)17-12-16(14,3)4/h8-9,11,17H,5-7,10,12H2,1-4H3. The van der Waals surface area contributed by atoms with Crippen LogP contribution in [0.5, 0.6) is 0 Å². The van der Waals surface area contributed by atoms with Gasteiger partial charge in [0.15, 0.2) is 0 Å². The number of hydrogen-bond acceptors (Lipinski definition) is 2. The van der Waals surface area contributed by atoms with Crippen LogP contribution >= 0.6 is 0 Å². The van der Waals surface area contributed by atoms with Crippen molar-refractivity contribution in [1.29, 1.82) is 0 Å². The molecule has 0 spiro atoms. The van der Waals surface area contributed by atoms with Gasteiger partial charge in [0, 0.05) is 36.4 Å². The van der Waals surface area contributed by atoms with E-state index in [-0.39, 0.29) is 5.41 Å². The predicted molar refractivity (Wildman–Crippen MR) is 80.8 cm³/mol. The van der Waals surface area contributed by atoms with Crippen molar-refractivity contribution in [2.75, 3.05) is 29.9 Å². The number of anilines is 2. The van der Waals surface area contributed by atoms with Crippen molar-refractivity contribution in [2.45, 2.75) is 46.0 Å². The molecule has 2 nitrogen and oxygen atoms in total. The van der Waals surface area contributed by atoms with Crippen LogP contribution in [0.2, 0.25) is 0 Å². The Morgan fingerprint density at radius 1 is 1.28 bits per heavy atom. The van der Waals surface area contributed by atoms with Gasteiger partial charge in [-0.05, 0) is 31.0 Å². The lowest BCUT2D eigenvalue weighted by Crippen LogP contribution is -2.23. The molecular weight excluding hydrogens is 220 g/mol. The third-order valence-electron chi connectivity index (χ3n) is 3.98. The molecular formula is C16H26N2. The van der Waals surface area contributed by atoms with Gasteiger partial charge in [0.05, 0.1) is 0 Å². The fraction of sp³-hybridized carbons (Fsp3) is 0.625. The number of nitrogens with one attached hydrogen (secondary N) is 1. The Hall–Kier alpha value is -1.18. The van der Waals surface area contributed by atoms with Crippen LogP contribution in [0.3, 0.4) is 0 Å². The summed E-state index contributed by atoms with van der Waals surface area (Å²) in [5.41, 5.74) is 4.41. The van der Waals surface area contributed by atoms with Crippen LogP contribution in [-0.4, -0.2) is 19.6 Å². The van der Waals surface area contributed by atoms with Crippen LogP contribution in [0.15, 0.2) is 18.2 Å². The van der Waals surface area contributed by atoms with Gasteiger partial charge >= 0.3 is 0 Å². The average molecular weight is 246 g/mol. The van der Waals surface area contributed by atoms with E-state index in [9.17, 15) is 0 Å². The topological polar surface area (TPSA) is 15.3 Å². The highest BCUT2D eigenvalue weighted by molar-refractivity contribution is 5.67. The van der Waals surface area contributed by atoms with Gasteiger partial charge in [-0.2, -0.15) is 0 Å². The molecule has 0 saturated carbocycles. The molecule has 0 radical (unpaired) electrons. The largest absolute Gasteiger partial charge is 0.384 e. The van der Waals surface area contributed by atoms with Crippen molar-refractivity contribution in [2.24, 2.45) is 0 Å². The molecule has 1 aromatic rings. The fourth-order valence-electron chi connectivity index (χ4n) is 2.70. The van der Waals surface area contributed by atoms with Crippen LogP contribution in [0, 0.1) is 0 Å². The molecule has 0 bridgehead atoms. The van der Waals surface area contributed by atoms with Crippen molar-refractivity contribution >= 4 is 11.4 Å². The number of fused-ring (bicyclic) bond motifs is 1. The van der Waals surface area contributed by atoms with Crippen LogP contribution in [0.1, 0.15) is 46.1 Å². The molecule has 18 heavy (non-hydrogen) atoms. The first-order valence-electron chi connectivity index (χ1n) is 7.22. The number of rotatable bonds is 5. The SMILES string of the molecule is CCCCN(CC)c1ccc2c(c1)NCC2(C)C. The molecule has 0 unspecified atom stereocenters. The highest BCUT2D eigenvalue weighted by Crippen LogP contribution is 2.38. The van der Waals surface area contributed by atoms with E-state index in [1.165, 1.54) is 29.8 Å². The van der Waals surface area contributed by atoms with E-state index in [0.717, 1.165) is 19.6 Å². The summed E-state index contributed by atoms with van der Waals surface area (Å²) >= 11 is 0. The molecule has 100 valence electrons. The minimum Gasteiger partial charge on any atom is -0.384 e. The summed E-state index contributed by atoms with van der Waals surface area (Å²) in [6, 6.07) is 6.91. The second-order valence-corrected chi connectivity index (χ2v) is 5.90. The van der Waals surface area contributed by atoms with Crippen molar-refractivity contribution < 1.29 is 0 Å². The first-order valence-corrected chi connectivity index (χ1v) is 7.22. The Morgan fingerprint density at radius 3 is 2.72 bits per heavy atom. The molecule has 0 fully saturated rings. The fourth-order valence-corrected chi connectivity index (χ4v) is 2.70. The molecule has 0 atom stereocenters. The Kier molecular flexibility index (Phi) is 3.84. The first-order chi connectivity index (χ1) is 8.58. The second kappa shape index (κ2) is 5.21. The normalized spacial score (nSPS) is 16.2. The summed E-state index contributed by atoms with van der Waals surface area (Å²) in [6.07, 6.45) is 2.52. The lowest BCUT2D eigenvalue weighted by atomic mass is 9.87. The van der Waals surface area contributed by atoms with Crippen LogP contribution < -0.4 is 10.2 Å². The average Bonchev–Trinajstić information content (AvgIpc) is 2.66. The third-order valence-corrected chi connectivity index (χ3v) is 3.98. The molecule has 1 aliphatic heterocycles. The number of unbranched alkanes of at least 4 members (excludes halogenated alkanes) is 1. The number of benzene rings is 1. The zero-order valence-electron chi connectivity index (χ0n) is 12.2. The monoisotopic (exact) mass is 246 g/mol. The summed E-state index contributed by atoms with van der Waals surface area (Å²) in [4.78, 5) is 2.47. The van der Waals surface area contributed by atoms with Crippen molar-refractivity contribution in [3.63, 3.8) is 0 Å². The predicted octanol–water partition coefficient (Wildman–Crippen LogP) is 4.02. The maximum absolute atomic E-state index is 3.54. The molecule has 1 aromatic carbocycles. The number of nitrogens with zero attached hydrogens (tertiary/aromatic N) is 1. The minimum absolute atomic E-state index is 0.272. The molecule has 1 heterocycles. The summed E-state index contributed by atoms with van der Waals surface area (Å²) < 4.78 is 0. The lowest BCUT2D eigenvalue weighted by Gasteiger charge is -2.24. The van der Waals surface area contributed by atoms with Gasteiger partial charge in [0.1, 0.15) is 0 Å².